The molecule has 0 bridgehead atoms. The number of methoxy groups -OCH3 is 3. The van der Waals surface area contributed by atoms with Gasteiger partial charge in [0.2, 0.25) is 0 Å². The van der Waals surface area contributed by atoms with E-state index >= 15 is 0 Å². The highest BCUT2D eigenvalue weighted by molar-refractivity contribution is 5.80. The number of carbonyl (C=O) groups excluding carboxylic acids is 2. The molecule has 0 aromatic heterocycles. The van der Waals surface area contributed by atoms with Crippen molar-refractivity contribution in [2.45, 2.75) is 25.6 Å². The van der Waals surface area contributed by atoms with Crippen LogP contribution in [0.3, 0.4) is 0 Å². The lowest BCUT2D eigenvalue weighted by Gasteiger charge is -2.17. The largest absolute Gasteiger partial charge is 0.497 e. The van der Waals surface area contributed by atoms with Crippen LogP contribution in [0, 0.1) is 5.92 Å². The number of rotatable bonds is 9. The van der Waals surface area contributed by atoms with Gasteiger partial charge in [0.15, 0.2) is 0 Å². The molecule has 0 spiro atoms. The van der Waals surface area contributed by atoms with Crippen molar-refractivity contribution in [1.82, 2.24) is 5.32 Å². The molecule has 0 amide bonds. The molecule has 26 heavy (non-hydrogen) atoms. The minimum Gasteiger partial charge on any atom is -0.497 e. The first kappa shape index (κ1) is 21.8. The van der Waals surface area contributed by atoms with Crippen LogP contribution in [0.1, 0.15) is 17.5 Å². The second kappa shape index (κ2) is 10.0. The lowest BCUT2D eigenvalue weighted by Crippen LogP contribution is -2.29. The van der Waals surface area contributed by atoms with Crippen LogP contribution in [0.5, 0.6) is 5.75 Å². The summed E-state index contributed by atoms with van der Waals surface area (Å²) in [5.74, 6) is -1.51. The van der Waals surface area contributed by atoms with Crippen molar-refractivity contribution >= 4 is 11.9 Å². The molecule has 9 heteroatoms. The fourth-order valence-corrected chi connectivity index (χ4v) is 2.39. The van der Waals surface area contributed by atoms with Crippen LogP contribution in [0.25, 0.3) is 0 Å². The summed E-state index contributed by atoms with van der Waals surface area (Å²) in [5.41, 5.74) is 1.15. The fraction of sp³-hybridized carbons (Fsp3) is 0.529. The number of carbonyl (C=O) groups is 2. The highest BCUT2D eigenvalue weighted by atomic mass is 19.4. The zero-order chi connectivity index (χ0) is 19.7. The van der Waals surface area contributed by atoms with Gasteiger partial charge in [0, 0.05) is 6.54 Å². The first-order valence-corrected chi connectivity index (χ1v) is 7.78. The minimum atomic E-state index is -4.33. The second-order valence-electron chi connectivity index (χ2n) is 5.56. The molecule has 1 rings (SSSR count). The van der Waals surface area contributed by atoms with Crippen molar-refractivity contribution < 1.29 is 37.0 Å². The lowest BCUT2D eigenvalue weighted by atomic mass is 9.93. The molecular weight excluding hydrogens is 355 g/mol. The van der Waals surface area contributed by atoms with E-state index < -0.39 is 30.6 Å². The number of hydrogen-bond acceptors (Lipinski definition) is 6. The summed E-state index contributed by atoms with van der Waals surface area (Å²) in [6.45, 7) is -1.22. The Labute approximate surface area is 149 Å². The van der Waals surface area contributed by atoms with Crippen molar-refractivity contribution in [3.63, 3.8) is 0 Å². The van der Waals surface area contributed by atoms with Crippen molar-refractivity contribution in [2.75, 3.05) is 27.9 Å². The number of halogens is 3. The zero-order valence-electron chi connectivity index (χ0n) is 14.8. The monoisotopic (exact) mass is 377 g/mol. The summed E-state index contributed by atoms with van der Waals surface area (Å²) in [6, 6.07) is 4.87. The molecule has 0 aliphatic heterocycles. The summed E-state index contributed by atoms with van der Waals surface area (Å²) < 4.78 is 51.4. The molecule has 1 unspecified atom stereocenters. The van der Waals surface area contributed by atoms with Gasteiger partial charge in [-0.3, -0.25) is 9.59 Å². The first-order valence-electron chi connectivity index (χ1n) is 7.78. The summed E-state index contributed by atoms with van der Waals surface area (Å²) >= 11 is 0. The maximum Gasteiger partial charge on any atom is 0.401 e. The van der Waals surface area contributed by atoms with Gasteiger partial charge in [-0.1, -0.05) is 6.07 Å². The SMILES string of the molecule is COC(=O)CC(Cc1ccc(OC)cc1CNCC(F)(F)F)C(=O)OC. The molecule has 0 aliphatic rings. The van der Waals surface area contributed by atoms with E-state index in [1.165, 1.54) is 21.3 Å². The standard InChI is InChI=1S/C17H22F3NO5/c1-24-14-5-4-11(13(7-14)9-21-10-17(18,19)20)6-12(16(23)26-3)8-15(22)25-2/h4-5,7,12,21H,6,8-10H2,1-3H3. The average molecular weight is 377 g/mol. The number of nitrogens with one attached hydrogen (secondary N) is 1. The number of esters is 2. The molecule has 0 fully saturated rings. The van der Waals surface area contributed by atoms with Crippen LogP contribution >= 0.6 is 0 Å². The van der Waals surface area contributed by atoms with Crippen molar-refractivity contribution in [1.29, 1.82) is 0 Å². The number of alkyl halides is 3. The summed E-state index contributed by atoms with van der Waals surface area (Å²) in [7, 11) is 3.85. The zero-order valence-corrected chi connectivity index (χ0v) is 14.8. The van der Waals surface area contributed by atoms with E-state index in [2.05, 4.69) is 10.1 Å². The van der Waals surface area contributed by atoms with Crippen LogP contribution in [0.15, 0.2) is 18.2 Å². The Bertz CT molecular complexity index is 619. The van der Waals surface area contributed by atoms with Gasteiger partial charge in [-0.05, 0) is 29.7 Å². The molecule has 0 aliphatic carbocycles. The van der Waals surface area contributed by atoms with E-state index in [0.29, 0.717) is 16.9 Å². The first-order chi connectivity index (χ1) is 12.2. The lowest BCUT2D eigenvalue weighted by molar-refractivity contribution is -0.152. The van der Waals surface area contributed by atoms with Crippen molar-refractivity contribution in [2.24, 2.45) is 5.92 Å². The van der Waals surface area contributed by atoms with Gasteiger partial charge in [-0.15, -0.1) is 0 Å². The van der Waals surface area contributed by atoms with Gasteiger partial charge in [0.25, 0.3) is 0 Å². The molecular formula is C17H22F3NO5. The van der Waals surface area contributed by atoms with Gasteiger partial charge >= 0.3 is 18.1 Å². The second-order valence-corrected chi connectivity index (χ2v) is 5.56. The highest BCUT2D eigenvalue weighted by Gasteiger charge is 2.27. The van der Waals surface area contributed by atoms with Crippen LogP contribution in [-0.4, -0.2) is 46.0 Å². The molecule has 1 aromatic carbocycles. The summed E-state index contributed by atoms with van der Waals surface area (Å²) in [6.07, 6.45) is -4.40. The molecule has 0 saturated heterocycles. The van der Waals surface area contributed by atoms with E-state index in [1.807, 2.05) is 0 Å². The third-order valence-electron chi connectivity index (χ3n) is 3.70. The average Bonchev–Trinajstić information content (AvgIpc) is 2.60. The number of ether oxygens (including phenoxy) is 3. The Morgan fingerprint density at radius 2 is 1.81 bits per heavy atom. The van der Waals surface area contributed by atoms with Gasteiger partial charge in [0.05, 0.1) is 40.2 Å². The topological polar surface area (TPSA) is 73.9 Å². The van der Waals surface area contributed by atoms with E-state index in [1.54, 1.807) is 18.2 Å². The number of hydrogen-bond donors (Lipinski definition) is 1. The van der Waals surface area contributed by atoms with Crippen LogP contribution in [0.4, 0.5) is 13.2 Å². The van der Waals surface area contributed by atoms with Gasteiger partial charge in [0.1, 0.15) is 5.75 Å². The van der Waals surface area contributed by atoms with Crippen LogP contribution < -0.4 is 10.1 Å². The minimum absolute atomic E-state index is 0.0713. The van der Waals surface area contributed by atoms with E-state index in [4.69, 9.17) is 9.47 Å². The fourth-order valence-electron chi connectivity index (χ4n) is 2.39. The molecule has 146 valence electrons. The molecule has 1 atom stereocenters. The smallest absolute Gasteiger partial charge is 0.401 e. The molecule has 1 N–H and O–H groups in total. The predicted octanol–water partition coefficient (Wildman–Crippen LogP) is 2.24. The number of benzene rings is 1. The van der Waals surface area contributed by atoms with Gasteiger partial charge in [-0.2, -0.15) is 13.2 Å². The van der Waals surface area contributed by atoms with E-state index in [0.717, 1.165) is 0 Å². The van der Waals surface area contributed by atoms with Gasteiger partial charge < -0.3 is 19.5 Å². The summed E-state index contributed by atoms with van der Waals surface area (Å²) in [4.78, 5) is 23.4. The molecule has 0 heterocycles. The van der Waals surface area contributed by atoms with Gasteiger partial charge in [-0.25, -0.2) is 0 Å². The van der Waals surface area contributed by atoms with Crippen LogP contribution in [0.2, 0.25) is 0 Å². The normalized spacial score (nSPS) is 12.4. The Balaban J connectivity index is 2.99. The summed E-state index contributed by atoms with van der Waals surface area (Å²) in [5, 5.41) is 2.31. The molecule has 0 radical (unpaired) electrons. The highest BCUT2D eigenvalue weighted by Crippen LogP contribution is 2.23. The van der Waals surface area contributed by atoms with E-state index in [9.17, 15) is 22.8 Å². The van der Waals surface area contributed by atoms with E-state index in [-0.39, 0.29) is 19.4 Å². The van der Waals surface area contributed by atoms with Crippen LogP contribution in [-0.2, 0) is 32.0 Å². The Morgan fingerprint density at radius 3 is 2.35 bits per heavy atom. The molecule has 6 nitrogen and oxygen atoms in total. The third kappa shape index (κ3) is 7.30. The maximum absolute atomic E-state index is 12.3. The molecule has 1 aromatic rings. The maximum atomic E-state index is 12.3. The van der Waals surface area contributed by atoms with Crippen molar-refractivity contribution in [3.8, 4) is 5.75 Å². The Hall–Kier alpha value is -2.29. The predicted molar refractivity (Wildman–Crippen MR) is 86.6 cm³/mol. The Kier molecular flexibility index (Phi) is 8.37. The van der Waals surface area contributed by atoms with Crippen molar-refractivity contribution in [3.05, 3.63) is 29.3 Å². The Morgan fingerprint density at radius 1 is 1.12 bits per heavy atom. The quantitative estimate of drug-likeness (QED) is 0.666. The third-order valence-corrected chi connectivity index (χ3v) is 3.70. The molecule has 0 saturated carbocycles.